The molecule has 0 bridgehead atoms. The maximum absolute atomic E-state index is 11.2. The molecule has 0 unspecified atom stereocenters. The summed E-state index contributed by atoms with van der Waals surface area (Å²) in [6, 6.07) is 14.2. The Bertz CT molecular complexity index is 579. The lowest BCUT2D eigenvalue weighted by molar-refractivity contribution is 0.0693. The summed E-state index contributed by atoms with van der Waals surface area (Å²) in [5.74, 6) is -1.03. The standard InChI is InChI=1S/C14H10O3S/c15-9-10-6-7-13(12(8-10)14(16)17)18-11-4-2-1-3-5-11/h1-9H,(H,16,17). The summed E-state index contributed by atoms with van der Waals surface area (Å²) in [5.41, 5.74) is 0.512. The van der Waals surface area contributed by atoms with Gasteiger partial charge < -0.3 is 5.11 Å². The number of hydrogen-bond donors (Lipinski definition) is 1. The Balaban J connectivity index is 2.38. The van der Waals surface area contributed by atoms with Crippen molar-refractivity contribution in [2.24, 2.45) is 0 Å². The molecule has 3 nitrogen and oxygen atoms in total. The molecule has 4 heteroatoms. The summed E-state index contributed by atoms with van der Waals surface area (Å²) in [6.07, 6.45) is 0.642. The van der Waals surface area contributed by atoms with Crippen LogP contribution < -0.4 is 0 Å². The minimum absolute atomic E-state index is 0.147. The second-order valence-electron chi connectivity index (χ2n) is 3.59. The predicted octanol–water partition coefficient (Wildman–Crippen LogP) is 3.35. The maximum Gasteiger partial charge on any atom is 0.336 e. The van der Waals surface area contributed by atoms with Gasteiger partial charge in [0, 0.05) is 15.4 Å². The van der Waals surface area contributed by atoms with E-state index in [4.69, 9.17) is 5.11 Å². The molecule has 18 heavy (non-hydrogen) atoms. The minimum Gasteiger partial charge on any atom is -0.478 e. The molecule has 0 saturated heterocycles. The Hall–Kier alpha value is -2.07. The van der Waals surface area contributed by atoms with E-state index < -0.39 is 5.97 Å². The van der Waals surface area contributed by atoms with Crippen LogP contribution in [0.2, 0.25) is 0 Å². The summed E-state index contributed by atoms with van der Waals surface area (Å²) in [7, 11) is 0. The van der Waals surface area contributed by atoms with Crippen molar-refractivity contribution in [3.8, 4) is 0 Å². The van der Waals surface area contributed by atoms with Crippen LogP contribution in [0, 0.1) is 0 Å². The van der Waals surface area contributed by atoms with Crippen LogP contribution in [0.15, 0.2) is 58.3 Å². The van der Waals surface area contributed by atoms with Crippen LogP contribution >= 0.6 is 11.8 Å². The molecule has 0 fully saturated rings. The summed E-state index contributed by atoms with van der Waals surface area (Å²) in [4.78, 5) is 23.4. The van der Waals surface area contributed by atoms with Gasteiger partial charge in [0.25, 0.3) is 0 Å². The molecule has 0 saturated carbocycles. The van der Waals surface area contributed by atoms with E-state index in [-0.39, 0.29) is 5.56 Å². The van der Waals surface area contributed by atoms with Gasteiger partial charge in [0.2, 0.25) is 0 Å². The van der Waals surface area contributed by atoms with Crippen LogP contribution in [0.25, 0.3) is 0 Å². The van der Waals surface area contributed by atoms with Gasteiger partial charge in [-0.15, -0.1) is 0 Å². The molecule has 90 valence electrons. The fraction of sp³-hybridized carbons (Fsp3) is 0. The van der Waals surface area contributed by atoms with Crippen molar-refractivity contribution < 1.29 is 14.7 Å². The zero-order valence-electron chi connectivity index (χ0n) is 9.37. The number of aromatic carboxylic acids is 1. The number of carboxylic acid groups (broad SMARTS) is 1. The maximum atomic E-state index is 11.2. The van der Waals surface area contributed by atoms with Crippen molar-refractivity contribution >= 4 is 24.0 Å². The van der Waals surface area contributed by atoms with E-state index in [0.29, 0.717) is 16.7 Å². The van der Waals surface area contributed by atoms with Crippen LogP contribution in [-0.4, -0.2) is 17.4 Å². The third-order valence-electron chi connectivity index (χ3n) is 2.34. The predicted molar refractivity (Wildman–Crippen MR) is 69.4 cm³/mol. The van der Waals surface area contributed by atoms with Gasteiger partial charge in [0.1, 0.15) is 6.29 Å². The Morgan fingerprint density at radius 3 is 2.44 bits per heavy atom. The van der Waals surface area contributed by atoms with E-state index in [0.717, 1.165) is 4.90 Å². The smallest absolute Gasteiger partial charge is 0.336 e. The molecule has 0 amide bonds. The molecule has 0 aliphatic heterocycles. The topological polar surface area (TPSA) is 54.4 Å². The van der Waals surface area contributed by atoms with Crippen molar-refractivity contribution in [2.45, 2.75) is 9.79 Å². The summed E-state index contributed by atoms with van der Waals surface area (Å²) < 4.78 is 0. The first kappa shape index (κ1) is 12.4. The molecule has 2 aromatic rings. The first-order valence-corrected chi connectivity index (χ1v) is 6.08. The van der Waals surface area contributed by atoms with Gasteiger partial charge in [-0.05, 0) is 24.3 Å². The zero-order chi connectivity index (χ0) is 13.0. The minimum atomic E-state index is -1.03. The summed E-state index contributed by atoms with van der Waals surface area (Å²) in [6.45, 7) is 0. The number of carbonyl (C=O) groups excluding carboxylic acids is 1. The van der Waals surface area contributed by atoms with Crippen molar-refractivity contribution in [2.75, 3.05) is 0 Å². The van der Waals surface area contributed by atoms with Gasteiger partial charge in [-0.1, -0.05) is 36.0 Å². The van der Waals surface area contributed by atoms with Gasteiger partial charge in [0.15, 0.2) is 0 Å². The van der Waals surface area contributed by atoms with Gasteiger partial charge in [-0.2, -0.15) is 0 Å². The third kappa shape index (κ3) is 2.78. The molecule has 0 aliphatic rings. The van der Waals surface area contributed by atoms with E-state index in [1.54, 1.807) is 12.1 Å². The lowest BCUT2D eigenvalue weighted by Gasteiger charge is -2.06. The van der Waals surface area contributed by atoms with Gasteiger partial charge in [-0.3, -0.25) is 4.79 Å². The Kier molecular flexibility index (Phi) is 3.79. The number of benzene rings is 2. The molecular formula is C14H10O3S. The van der Waals surface area contributed by atoms with Crippen LogP contribution in [-0.2, 0) is 0 Å². The van der Waals surface area contributed by atoms with Crippen molar-refractivity contribution in [3.05, 3.63) is 59.7 Å². The molecule has 0 aliphatic carbocycles. The number of carbonyl (C=O) groups is 2. The molecular weight excluding hydrogens is 248 g/mol. The van der Waals surface area contributed by atoms with Gasteiger partial charge in [0.05, 0.1) is 5.56 Å². The first-order valence-electron chi connectivity index (χ1n) is 5.26. The van der Waals surface area contributed by atoms with Gasteiger partial charge in [-0.25, -0.2) is 4.79 Å². The SMILES string of the molecule is O=Cc1ccc(Sc2ccccc2)c(C(=O)O)c1. The van der Waals surface area contributed by atoms with Crippen LogP contribution in [0.5, 0.6) is 0 Å². The normalized spacial score (nSPS) is 10.0. The highest BCUT2D eigenvalue weighted by molar-refractivity contribution is 7.99. The number of carboxylic acids is 1. The van der Waals surface area contributed by atoms with Crippen LogP contribution in [0.3, 0.4) is 0 Å². The van der Waals surface area contributed by atoms with Gasteiger partial charge >= 0.3 is 5.97 Å². The molecule has 0 heterocycles. The van der Waals surface area contributed by atoms with E-state index >= 15 is 0 Å². The highest BCUT2D eigenvalue weighted by atomic mass is 32.2. The molecule has 0 atom stereocenters. The molecule has 2 aromatic carbocycles. The Morgan fingerprint density at radius 2 is 1.83 bits per heavy atom. The fourth-order valence-corrected chi connectivity index (χ4v) is 2.43. The number of aldehydes is 1. The Morgan fingerprint density at radius 1 is 1.11 bits per heavy atom. The second kappa shape index (κ2) is 5.51. The Labute approximate surface area is 108 Å². The second-order valence-corrected chi connectivity index (χ2v) is 4.71. The first-order chi connectivity index (χ1) is 8.70. The fourth-order valence-electron chi connectivity index (χ4n) is 1.49. The third-order valence-corrected chi connectivity index (χ3v) is 3.42. The van der Waals surface area contributed by atoms with Crippen LogP contribution in [0.4, 0.5) is 0 Å². The lowest BCUT2D eigenvalue weighted by atomic mass is 10.1. The number of hydrogen-bond acceptors (Lipinski definition) is 3. The molecule has 0 radical (unpaired) electrons. The monoisotopic (exact) mass is 258 g/mol. The van der Waals surface area contributed by atoms with E-state index in [1.165, 1.54) is 17.8 Å². The largest absolute Gasteiger partial charge is 0.478 e. The quantitative estimate of drug-likeness (QED) is 0.854. The van der Waals surface area contributed by atoms with Crippen molar-refractivity contribution in [1.82, 2.24) is 0 Å². The van der Waals surface area contributed by atoms with Crippen molar-refractivity contribution in [1.29, 1.82) is 0 Å². The van der Waals surface area contributed by atoms with Crippen molar-refractivity contribution in [3.63, 3.8) is 0 Å². The summed E-state index contributed by atoms with van der Waals surface area (Å²) >= 11 is 1.36. The molecule has 0 spiro atoms. The molecule has 2 rings (SSSR count). The average Bonchev–Trinajstić information content (AvgIpc) is 2.40. The van der Waals surface area contributed by atoms with E-state index in [1.807, 2.05) is 30.3 Å². The lowest BCUT2D eigenvalue weighted by Crippen LogP contribution is -2.00. The highest BCUT2D eigenvalue weighted by Crippen LogP contribution is 2.30. The van der Waals surface area contributed by atoms with E-state index in [9.17, 15) is 9.59 Å². The van der Waals surface area contributed by atoms with Crippen LogP contribution in [0.1, 0.15) is 20.7 Å². The molecule has 1 N–H and O–H groups in total. The highest BCUT2D eigenvalue weighted by Gasteiger charge is 2.12. The summed E-state index contributed by atoms with van der Waals surface area (Å²) in [5, 5.41) is 9.13. The zero-order valence-corrected chi connectivity index (χ0v) is 10.2. The van der Waals surface area contributed by atoms with E-state index in [2.05, 4.69) is 0 Å². The average molecular weight is 258 g/mol. The molecule has 0 aromatic heterocycles. The number of rotatable bonds is 4.